The minimum atomic E-state index is -1.00. The van der Waals surface area contributed by atoms with Crippen molar-refractivity contribution in [3.63, 3.8) is 0 Å². The highest BCUT2D eigenvalue weighted by Crippen LogP contribution is 2.32. The average Bonchev–Trinajstić information content (AvgIpc) is 3.41. The first kappa shape index (κ1) is 22.3. The number of carbonyl (C=O) groups is 2. The number of benzene rings is 2. The SMILES string of the molecule is CC(C)(C)OC(=O)N(Cc1ccc(-c2nc3sc4cc(C(=O)O)ccc4n3n2)c(F)c1)C1CC1. The molecular weight excluding hydrogens is 459 g/mol. The molecule has 2 heterocycles. The van der Waals surface area contributed by atoms with Gasteiger partial charge in [-0.3, -0.25) is 0 Å². The number of halogens is 1. The monoisotopic (exact) mass is 482 g/mol. The van der Waals surface area contributed by atoms with Crippen LogP contribution in [0.5, 0.6) is 0 Å². The van der Waals surface area contributed by atoms with Crippen molar-refractivity contribution < 1.29 is 23.8 Å². The lowest BCUT2D eigenvalue weighted by Crippen LogP contribution is -2.37. The highest BCUT2D eigenvalue weighted by atomic mass is 32.1. The van der Waals surface area contributed by atoms with Gasteiger partial charge in [-0.15, -0.1) is 5.10 Å². The molecule has 176 valence electrons. The second-order valence-corrected chi connectivity index (χ2v) is 10.4. The van der Waals surface area contributed by atoms with Crippen LogP contribution in [0, 0.1) is 5.82 Å². The van der Waals surface area contributed by atoms with Crippen LogP contribution in [-0.2, 0) is 11.3 Å². The molecule has 1 fully saturated rings. The van der Waals surface area contributed by atoms with Gasteiger partial charge in [-0.05, 0) is 69.5 Å². The van der Waals surface area contributed by atoms with Crippen LogP contribution in [0.1, 0.15) is 49.5 Å². The fourth-order valence-corrected chi connectivity index (χ4v) is 4.72. The largest absolute Gasteiger partial charge is 0.478 e. The highest BCUT2D eigenvalue weighted by Gasteiger charge is 2.35. The highest BCUT2D eigenvalue weighted by molar-refractivity contribution is 7.23. The van der Waals surface area contributed by atoms with E-state index in [4.69, 9.17) is 4.74 Å². The third kappa shape index (κ3) is 4.33. The van der Waals surface area contributed by atoms with Crippen molar-refractivity contribution in [2.45, 2.75) is 51.8 Å². The number of fused-ring (bicyclic) bond motifs is 3. The van der Waals surface area contributed by atoms with Crippen LogP contribution in [0.25, 0.3) is 26.6 Å². The third-order valence-electron chi connectivity index (χ3n) is 5.46. The topological polar surface area (TPSA) is 97.0 Å². The first-order chi connectivity index (χ1) is 16.1. The number of ether oxygens (including phenoxy) is 1. The summed E-state index contributed by atoms with van der Waals surface area (Å²) < 4.78 is 22.9. The van der Waals surface area contributed by atoms with Crippen molar-refractivity contribution >= 4 is 38.6 Å². The summed E-state index contributed by atoms with van der Waals surface area (Å²) in [5.41, 5.74) is 1.21. The molecule has 1 N–H and O–H groups in total. The van der Waals surface area contributed by atoms with Gasteiger partial charge in [0.15, 0.2) is 5.82 Å². The summed E-state index contributed by atoms with van der Waals surface area (Å²) in [5.74, 6) is -1.24. The maximum atomic E-state index is 15.1. The van der Waals surface area contributed by atoms with E-state index in [2.05, 4.69) is 10.1 Å². The number of carbonyl (C=O) groups excluding carboxylic acids is 1. The number of aromatic nitrogens is 3. The average molecular weight is 483 g/mol. The van der Waals surface area contributed by atoms with Crippen LogP contribution in [0.3, 0.4) is 0 Å². The Morgan fingerprint density at radius 2 is 2.00 bits per heavy atom. The molecule has 8 nitrogen and oxygen atoms in total. The van der Waals surface area contributed by atoms with Crippen LogP contribution in [-0.4, -0.2) is 48.3 Å². The zero-order chi connectivity index (χ0) is 24.2. The van der Waals surface area contributed by atoms with E-state index in [0.29, 0.717) is 16.0 Å². The van der Waals surface area contributed by atoms with Crippen molar-refractivity contribution in [3.8, 4) is 11.4 Å². The Hall–Kier alpha value is -3.53. The van der Waals surface area contributed by atoms with Gasteiger partial charge in [0, 0.05) is 12.6 Å². The predicted octanol–water partition coefficient (Wildman–Crippen LogP) is 5.35. The molecule has 5 rings (SSSR count). The van der Waals surface area contributed by atoms with Crippen molar-refractivity contribution in [3.05, 3.63) is 53.3 Å². The quantitative estimate of drug-likeness (QED) is 0.412. The van der Waals surface area contributed by atoms with E-state index < -0.39 is 23.5 Å². The van der Waals surface area contributed by atoms with Gasteiger partial charge in [0.25, 0.3) is 0 Å². The number of carboxylic acids is 1. The van der Waals surface area contributed by atoms with E-state index in [1.54, 1.807) is 33.7 Å². The number of hydrogen-bond donors (Lipinski definition) is 1. The Kier molecular flexibility index (Phi) is 5.27. The molecule has 4 aromatic rings. The van der Waals surface area contributed by atoms with Gasteiger partial charge < -0.3 is 14.7 Å². The van der Waals surface area contributed by atoms with Gasteiger partial charge in [0.2, 0.25) is 4.96 Å². The zero-order valence-corrected chi connectivity index (χ0v) is 19.7. The second kappa shape index (κ2) is 8.05. The molecule has 2 aromatic carbocycles. The molecule has 0 bridgehead atoms. The van der Waals surface area contributed by atoms with Crippen LogP contribution < -0.4 is 0 Å². The molecule has 2 aromatic heterocycles. The molecule has 0 atom stereocenters. The molecule has 0 unspecified atom stereocenters. The molecule has 1 aliphatic rings. The van der Waals surface area contributed by atoms with Crippen molar-refractivity contribution in [1.82, 2.24) is 19.5 Å². The fourth-order valence-electron chi connectivity index (χ4n) is 3.72. The van der Waals surface area contributed by atoms with E-state index in [1.165, 1.54) is 23.5 Å². The van der Waals surface area contributed by atoms with Gasteiger partial charge in [0.05, 0.1) is 21.3 Å². The van der Waals surface area contributed by atoms with E-state index in [0.717, 1.165) is 17.5 Å². The minimum absolute atomic E-state index is 0.120. The Morgan fingerprint density at radius 1 is 1.24 bits per heavy atom. The molecule has 0 saturated heterocycles. The van der Waals surface area contributed by atoms with Crippen LogP contribution in [0.15, 0.2) is 36.4 Å². The summed E-state index contributed by atoms with van der Waals surface area (Å²) in [7, 11) is 0. The standard InChI is InChI=1S/C24H23FN4O4S/c1-24(2,3)33-23(32)28(15-6-7-15)12-13-4-8-16(17(25)10-13)20-26-22-29(27-20)18-9-5-14(21(30)31)11-19(18)34-22/h4-5,8-11,15H,6-7,12H2,1-3H3,(H,30,31). The van der Waals surface area contributed by atoms with Crippen LogP contribution in [0.4, 0.5) is 9.18 Å². The zero-order valence-electron chi connectivity index (χ0n) is 18.9. The van der Waals surface area contributed by atoms with Gasteiger partial charge in [-0.2, -0.15) is 4.98 Å². The normalized spacial score (nSPS) is 14.0. The number of aromatic carboxylic acids is 1. The number of nitrogens with zero attached hydrogens (tertiary/aromatic N) is 4. The Labute approximate surface area is 198 Å². The molecule has 1 amide bonds. The molecule has 0 radical (unpaired) electrons. The predicted molar refractivity (Wildman–Crippen MR) is 126 cm³/mol. The lowest BCUT2D eigenvalue weighted by Gasteiger charge is -2.27. The summed E-state index contributed by atoms with van der Waals surface area (Å²) >= 11 is 1.29. The fraction of sp³-hybridized carbons (Fsp3) is 0.333. The summed E-state index contributed by atoms with van der Waals surface area (Å²) in [6.45, 7) is 5.73. The maximum Gasteiger partial charge on any atom is 0.410 e. The Bertz CT molecular complexity index is 1430. The Balaban J connectivity index is 1.41. The van der Waals surface area contributed by atoms with E-state index in [9.17, 15) is 14.7 Å². The molecule has 34 heavy (non-hydrogen) atoms. The first-order valence-electron chi connectivity index (χ1n) is 10.9. The van der Waals surface area contributed by atoms with Gasteiger partial charge in [-0.25, -0.2) is 18.5 Å². The minimum Gasteiger partial charge on any atom is -0.478 e. The summed E-state index contributed by atoms with van der Waals surface area (Å²) in [6.07, 6.45) is 1.43. The molecule has 0 spiro atoms. The van der Waals surface area contributed by atoms with Crippen LogP contribution >= 0.6 is 11.3 Å². The smallest absolute Gasteiger partial charge is 0.410 e. The second-order valence-electron chi connectivity index (χ2n) is 9.37. The molecule has 1 saturated carbocycles. The van der Waals surface area contributed by atoms with Crippen molar-refractivity contribution in [1.29, 1.82) is 0 Å². The van der Waals surface area contributed by atoms with E-state index >= 15 is 4.39 Å². The third-order valence-corrected chi connectivity index (χ3v) is 6.45. The maximum absolute atomic E-state index is 15.1. The van der Waals surface area contributed by atoms with Crippen LogP contribution in [0.2, 0.25) is 0 Å². The van der Waals surface area contributed by atoms with Gasteiger partial charge in [0.1, 0.15) is 11.4 Å². The molecule has 10 heteroatoms. The van der Waals surface area contributed by atoms with Crippen molar-refractivity contribution in [2.75, 3.05) is 0 Å². The summed E-state index contributed by atoms with van der Waals surface area (Å²) in [6, 6.07) is 9.66. The molecular formula is C24H23FN4O4S. The van der Waals surface area contributed by atoms with Gasteiger partial charge >= 0.3 is 12.1 Å². The summed E-state index contributed by atoms with van der Waals surface area (Å²) in [5, 5.41) is 13.6. The summed E-state index contributed by atoms with van der Waals surface area (Å²) in [4.78, 5) is 30.5. The molecule has 0 aliphatic heterocycles. The molecule has 1 aliphatic carbocycles. The lowest BCUT2D eigenvalue weighted by molar-refractivity contribution is 0.0216. The number of amides is 1. The first-order valence-corrected chi connectivity index (χ1v) is 11.7. The Morgan fingerprint density at radius 3 is 2.65 bits per heavy atom. The number of hydrogen-bond acceptors (Lipinski definition) is 6. The number of thiazole rings is 1. The number of carboxylic acid groups (broad SMARTS) is 1. The van der Waals surface area contributed by atoms with E-state index in [-0.39, 0.29) is 29.5 Å². The van der Waals surface area contributed by atoms with Crippen molar-refractivity contribution in [2.24, 2.45) is 0 Å². The van der Waals surface area contributed by atoms with E-state index in [1.807, 2.05) is 20.8 Å². The number of rotatable bonds is 5. The van der Waals surface area contributed by atoms with Gasteiger partial charge in [-0.1, -0.05) is 17.4 Å². The lowest BCUT2D eigenvalue weighted by atomic mass is 10.1.